The first kappa shape index (κ1) is 15.8. The number of ether oxygens (including phenoxy) is 1. The summed E-state index contributed by atoms with van der Waals surface area (Å²) in [7, 11) is 1.38. The summed E-state index contributed by atoms with van der Waals surface area (Å²) >= 11 is 0. The minimum absolute atomic E-state index is 0.0822. The van der Waals surface area contributed by atoms with Gasteiger partial charge < -0.3 is 15.4 Å². The molecule has 5 heteroatoms. The van der Waals surface area contributed by atoms with Gasteiger partial charge in [-0.05, 0) is 43.0 Å². The van der Waals surface area contributed by atoms with Crippen molar-refractivity contribution in [3.8, 4) is 5.75 Å². The molecule has 1 saturated heterocycles. The van der Waals surface area contributed by atoms with Crippen molar-refractivity contribution in [2.24, 2.45) is 5.41 Å². The lowest BCUT2D eigenvalue weighted by molar-refractivity contribution is 0.0928. The summed E-state index contributed by atoms with van der Waals surface area (Å²) in [5.74, 6) is -0.598. The van der Waals surface area contributed by atoms with Crippen LogP contribution in [0.5, 0.6) is 5.75 Å². The Morgan fingerprint density at radius 1 is 1.52 bits per heavy atom. The van der Waals surface area contributed by atoms with Crippen molar-refractivity contribution in [2.45, 2.75) is 32.7 Å². The lowest BCUT2D eigenvalue weighted by Crippen LogP contribution is -2.52. The third-order valence-electron chi connectivity index (χ3n) is 4.21. The quantitative estimate of drug-likeness (QED) is 0.896. The second kappa shape index (κ2) is 6.43. The van der Waals surface area contributed by atoms with Crippen molar-refractivity contribution in [1.82, 2.24) is 10.6 Å². The van der Waals surface area contributed by atoms with Gasteiger partial charge in [0.15, 0.2) is 11.6 Å². The summed E-state index contributed by atoms with van der Waals surface area (Å²) in [6.07, 6.45) is 2.30. The lowest BCUT2D eigenvalue weighted by Gasteiger charge is -2.39. The first-order valence-corrected chi connectivity index (χ1v) is 7.29. The number of hydrogen-bond acceptors (Lipinski definition) is 3. The first-order valence-electron chi connectivity index (χ1n) is 7.29. The van der Waals surface area contributed by atoms with Crippen LogP contribution in [0.2, 0.25) is 0 Å². The summed E-state index contributed by atoms with van der Waals surface area (Å²) in [5, 5.41) is 6.36. The van der Waals surface area contributed by atoms with Crippen molar-refractivity contribution in [3.63, 3.8) is 0 Å². The molecule has 0 radical (unpaired) electrons. The molecule has 0 spiro atoms. The van der Waals surface area contributed by atoms with Crippen LogP contribution in [-0.4, -0.2) is 32.1 Å². The lowest BCUT2D eigenvalue weighted by atomic mass is 9.77. The molecular weight excluding hydrogens is 271 g/mol. The Morgan fingerprint density at radius 3 is 2.95 bits per heavy atom. The Bertz CT molecular complexity index is 517. The van der Waals surface area contributed by atoms with E-state index < -0.39 is 5.82 Å². The van der Waals surface area contributed by atoms with E-state index in [9.17, 15) is 9.18 Å². The van der Waals surface area contributed by atoms with Crippen LogP contribution in [0.3, 0.4) is 0 Å². The van der Waals surface area contributed by atoms with Gasteiger partial charge >= 0.3 is 0 Å². The van der Waals surface area contributed by atoms with Crippen LogP contribution in [0.15, 0.2) is 18.2 Å². The van der Waals surface area contributed by atoms with E-state index in [2.05, 4.69) is 24.5 Å². The highest BCUT2D eigenvalue weighted by atomic mass is 19.1. The van der Waals surface area contributed by atoms with E-state index in [4.69, 9.17) is 4.74 Å². The number of methoxy groups -OCH3 is 1. The monoisotopic (exact) mass is 294 g/mol. The average Bonchev–Trinajstić information content (AvgIpc) is 2.46. The van der Waals surface area contributed by atoms with Gasteiger partial charge in [-0.15, -0.1) is 0 Å². The molecule has 1 atom stereocenters. The van der Waals surface area contributed by atoms with Crippen molar-refractivity contribution in [3.05, 3.63) is 29.6 Å². The Labute approximate surface area is 125 Å². The molecule has 4 nitrogen and oxygen atoms in total. The van der Waals surface area contributed by atoms with Crippen molar-refractivity contribution < 1.29 is 13.9 Å². The van der Waals surface area contributed by atoms with Gasteiger partial charge in [0, 0.05) is 18.2 Å². The second-order valence-electron chi connectivity index (χ2n) is 6.16. The van der Waals surface area contributed by atoms with Gasteiger partial charge in [-0.2, -0.15) is 0 Å². The zero-order valence-corrected chi connectivity index (χ0v) is 12.8. The molecule has 1 aliphatic heterocycles. The molecule has 0 saturated carbocycles. The van der Waals surface area contributed by atoms with Gasteiger partial charge in [-0.25, -0.2) is 4.39 Å². The highest BCUT2D eigenvalue weighted by Crippen LogP contribution is 2.29. The molecule has 1 aromatic rings. The maximum atomic E-state index is 13.3. The molecule has 1 amide bonds. The molecule has 1 aliphatic rings. The minimum atomic E-state index is -0.468. The predicted octanol–water partition coefficient (Wildman–Crippen LogP) is 2.34. The number of halogens is 1. The molecule has 0 bridgehead atoms. The number of amides is 1. The fraction of sp³-hybridized carbons (Fsp3) is 0.562. The van der Waals surface area contributed by atoms with Gasteiger partial charge in [0.2, 0.25) is 0 Å². The summed E-state index contributed by atoms with van der Waals surface area (Å²) in [6.45, 7) is 5.95. The van der Waals surface area contributed by atoms with Crippen molar-refractivity contribution in [1.29, 1.82) is 0 Å². The minimum Gasteiger partial charge on any atom is -0.494 e. The van der Waals surface area contributed by atoms with E-state index >= 15 is 0 Å². The van der Waals surface area contributed by atoms with Crippen LogP contribution in [0.1, 0.15) is 37.0 Å². The Balaban J connectivity index is 1.98. The maximum absolute atomic E-state index is 13.3. The summed E-state index contributed by atoms with van der Waals surface area (Å²) in [6, 6.07) is 4.38. The highest BCUT2D eigenvalue weighted by Gasteiger charge is 2.32. The zero-order chi connectivity index (χ0) is 15.5. The normalized spacial score (nSPS) is 20.9. The fourth-order valence-corrected chi connectivity index (χ4v) is 2.72. The van der Waals surface area contributed by atoms with Crippen LogP contribution in [0.25, 0.3) is 0 Å². The van der Waals surface area contributed by atoms with Gasteiger partial charge in [-0.3, -0.25) is 4.79 Å². The van der Waals surface area contributed by atoms with Gasteiger partial charge in [0.1, 0.15) is 0 Å². The number of carbonyl (C=O) groups is 1. The standard InChI is InChI=1S/C16H23FN2O2/c1-16(2)7-4-8-18-14(16)10-19-15(20)11-5-6-12(17)13(9-11)21-3/h5-6,9,14,18H,4,7-8,10H2,1-3H3,(H,19,20). The summed E-state index contributed by atoms with van der Waals surface area (Å²) < 4.78 is 18.2. The number of rotatable bonds is 4. The largest absolute Gasteiger partial charge is 0.494 e. The van der Waals surface area contributed by atoms with E-state index in [1.807, 2.05) is 0 Å². The molecule has 2 rings (SSSR count). The molecule has 1 aromatic carbocycles. The molecule has 1 unspecified atom stereocenters. The summed E-state index contributed by atoms with van der Waals surface area (Å²) in [5.41, 5.74) is 0.563. The fourth-order valence-electron chi connectivity index (χ4n) is 2.72. The van der Waals surface area contributed by atoms with E-state index in [0.29, 0.717) is 12.1 Å². The van der Waals surface area contributed by atoms with Gasteiger partial charge in [0.05, 0.1) is 7.11 Å². The number of piperidine rings is 1. The third-order valence-corrected chi connectivity index (χ3v) is 4.21. The molecule has 0 aliphatic carbocycles. The van der Waals surface area contributed by atoms with E-state index in [-0.39, 0.29) is 23.1 Å². The van der Waals surface area contributed by atoms with Crippen LogP contribution < -0.4 is 15.4 Å². The van der Waals surface area contributed by atoms with Crippen molar-refractivity contribution in [2.75, 3.05) is 20.2 Å². The van der Waals surface area contributed by atoms with Crippen LogP contribution in [0.4, 0.5) is 4.39 Å². The topological polar surface area (TPSA) is 50.4 Å². The van der Waals surface area contributed by atoms with Crippen LogP contribution >= 0.6 is 0 Å². The molecule has 116 valence electrons. The predicted molar refractivity (Wildman–Crippen MR) is 80.1 cm³/mol. The molecule has 1 fully saturated rings. The highest BCUT2D eigenvalue weighted by molar-refractivity contribution is 5.94. The number of hydrogen-bond donors (Lipinski definition) is 2. The van der Waals surface area contributed by atoms with Crippen LogP contribution in [-0.2, 0) is 0 Å². The van der Waals surface area contributed by atoms with E-state index in [1.165, 1.54) is 25.3 Å². The number of carbonyl (C=O) groups excluding carboxylic acids is 1. The Kier molecular flexibility index (Phi) is 4.83. The van der Waals surface area contributed by atoms with Crippen molar-refractivity contribution >= 4 is 5.91 Å². The Hall–Kier alpha value is -1.62. The molecule has 2 N–H and O–H groups in total. The molecule has 1 heterocycles. The number of nitrogens with one attached hydrogen (secondary N) is 2. The van der Waals surface area contributed by atoms with E-state index in [1.54, 1.807) is 0 Å². The number of benzene rings is 1. The summed E-state index contributed by atoms with van der Waals surface area (Å²) in [4.78, 5) is 12.2. The first-order chi connectivity index (χ1) is 9.94. The van der Waals surface area contributed by atoms with E-state index in [0.717, 1.165) is 19.4 Å². The molecule has 21 heavy (non-hydrogen) atoms. The van der Waals surface area contributed by atoms with Crippen LogP contribution in [0, 0.1) is 11.2 Å². The average molecular weight is 294 g/mol. The molecular formula is C16H23FN2O2. The Morgan fingerprint density at radius 2 is 2.29 bits per heavy atom. The molecule has 0 aromatic heterocycles. The second-order valence-corrected chi connectivity index (χ2v) is 6.16. The zero-order valence-electron chi connectivity index (χ0n) is 12.8. The van der Waals surface area contributed by atoms with Gasteiger partial charge in [-0.1, -0.05) is 13.8 Å². The van der Waals surface area contributed by atoms with Gasteiger partial charge in [0.25, 0.3) is 5.91 Å². The third kappa shape index (κ3) is 3.73. The smallest absolute Gasteiger partial charge is 0.251 e. The maximum Gasteiger partial charge on any atom is 0.251 e. The SMILES string of the molecule is COc1cc(C(=O)NCC2NCCCC2(C)C)ccc1F.